The second-order valence-corrected chi connectivity index (χ2v) is 6.78. The van der Waals surface area contributed by atoms with Gasteiger partial charge in [0.15, 0.2) is 0 Å². The van der Waals surface area contributed by atoms with E-state index < -0.39 is 5.60 Å². The topological polar surface area (TPSA) is 54.0 Å². The fraction of sp³-hybridized carbons (Fsp3) is 0.500. The Bertz CT molecular complexity index is 639. The number of hydrogen-bond acceptors (Lipinski definition) is 5. The third-order valence-corrected chi connectivity index (χ3v) is 5.31. The largest absolute Gasteiger partial charge is 0.497 e. The fourth-order valence-electron chi connectivity index (χ4n) is 3.22. The van der Waals surface area contributed by atoms with E-state index in [4.69, 9.17) is 18.9 Å². The van der Waals surface area contributed by atoms with Gasteiger partial charge < -0.3 is 18.9 Å². The summed E-state index contributed by atoms with van der Waals surface area (Å²) in [4.78, 5) is 12.3. The highest BCUT2D eigenvalue weighted by Crippen LogP contribution is 2.50. The van der Waals surface area contributed by atoms with Gasteiger partial charge in [0.05, 0.1) is 38.6 Å². The summed E-state index contributed by atoms with van der Waals surface area (Å²) in [7, 11) is 1.64. The van der Waals surface area contributed by atoms with E-state index in [-0.39, 0.29) is 12.1 Å². The predicted octanol–water partition coefficient (Wildman–Crippen LogP) is 3.36. The minimum atomic E-state index is -0.692. The maximum Gasteiger partial charge on any atom is 0.337 e. The summed E-state index contributed by atoms with van der Waals surface area (Å²) in [5, 5.41) is 0. The summed E-state index contributed by atoms with van der Waals surface area (Å²) in [5.74, 6) is 0.492. The van der Waals surface area contributed by atoms with Crippen molar-refractivity contribution >= 4 is 21.9 Å². The first-order chi connectivity index (χ1) is 11.6. The Kier molecular flexibility index (Phi) is 5.27. The molecule has 0 radical (unpaired) electrons. The lowest BCUT2D eigenvalue weighted by Crippen LogP contribution is -2.38. The lowest BCUT2D eigenvalue weighted by Gasteiger charge is -2.27. The second-order valence-electron chi connectivity index (χ2n) is 5.92. The van der Waals surface area contributed by atoms with Crippen molar-refractivity contribution in [2.75, 3.05) is 20.3 Å². The number of methoxy groups -OCH3 is 1. The average Bonchev–Trinajstić information content (AvgIpc) is 3.12. The number of esters is 1. The Balaban J connectivity index is 1.65. The summed E-state index contributed by atoms with van der Waals surface area (Å²) < 4.78 is 23.1. The number of ether oxygens (including phenoxy) is 4. The van der Waals surface area contributed by atoms with E-state index >= 15 is 0 Å². The van der Waals surface area contributed by atoms with Crippen LogP contribution in [0.4, 0.5) is 0 Å². The molecule has 0 amide bonds. The van der Waals surface area contributed by atoms with Crippen molar-refractivity contribution in [3.8, 4) is 5.75 Å². The zero-order valence-electron chi connectivity index (χ0n) is 13.8. The molecule has 0 N–H and O–H groups in total. The molecule has 6 heteroatoms. The monoisotopic (exact) mass is 396 g/mol. The molecule has 2 bridgehead atoms. The van der Waals surface area contributed by atoms with Gasteiger partial charge in [0.1, 0.15) is 11.4 Å². The minimum Gasteiger partial charge on any atom is -0.497 e. The fourth-order valence-corrected chi connectivity index (χ4v) is 4.06. The van der Waals surface area contributed by atoms with Crippen molar-refractivity contribution in [1.29, 1.82) is 0 Å². The van der Waals surface area contributed by atoms with Crippen molar-refractivity contribution in [3.63, 3.8) is 0 Å². The van der Waals surface area contributed by atoms with Crippen LogP contribution in [0.1, 0.15) is 25.3 Å². The normalized spacial score (nSPS) is 25.2. The molecule has 2 atom stereocenters. The summed E-state index contributed by atoms with van der Waals surface area (Å²) in [5.41, 5.74) is 0.929. The molecule has 2 aliphatic heterocycles. The molecule has 130 valence electrons. The molecule has 24 heavy (non-hydrogen) atoms. The van der Waals surface area contributed by atoms with Crippen LogP contribution in [0.5, 0.6) is 5.75 Å². The molecule has 0 spiro atoms. The number of rotatable bonds is 7. The summed E-state index contributed by atoms with van der Waals surface area (Å²) >= 11 is 3.50. The van der Waals surface area contributed by atoms with E-state index in [2.05, 4.69) is 15.9 Å². The molecule has 0 aliphatic carbocycles. The zero-order chi connectivity index (χ0) is 17.2. The molecular formula is C18H21BrO5. The molecule has 0 unspecified atom stereocenters. The van der Waals surface area contributed by atoms with Gasteiger partial charge in [-0.15, -0.1) is 0 Å². The van der Waals surface area contributed by atoms with Crippen LogP contribution in [0, 0.1) is 0 Å². The van der Waals surface area contributed by atoms with Gasteiger partial charge >= 0.3 is 5.97 Å². The van der Waals surface area contributed by atoms with Crippen molar-refractivity contribution in [2.24, 2.45) is 0 Å². The first-order valence-electron chi connectivity index (χ1n) is 8.05. The molecule has 1 fully saturated rings. The van der Waals surface area contributed by atoms with E-state index in [1.807, 2.05) is 24.3 Å². The Morgan fingerprint density at radius 3 is 2.79 bits per heavy atom. The third-order valence-electron chi connectivity index (χ3n) is 4.40. The van der Waals surface area contributed by atoms with Gasteiger partial charge in [-0.05, 0) is 37.5 Å². The van der Waals surface area contributed by atoms with Gasteiger partial charge in [0.25, 0.3) is 0 Å². The smallest absolute Gasteiger partial charge is 0.337 e. The molecule has 2 heterocycles. The van der Waals surface area contributed by atoms with Crippen LogP contribution < -0.4 is 4.74 Å². The van der Waals surface area contributed by atoms with Crippen LogP contribution >= 0.6 is 15.9 Å². The third kappa shape index (κ3) is 3.23. The lowest BCUT2D eigenvalue weighted by atomic mass is 9.87. The zero-order valence-corrected chi connectivity index (χ0v) is 15.4. The molecular weight excluding hydrogens is 376 g/mol. The molecule has 0 saturated carbocycles. The maximum atomic E-state index is 12.3. The van der Waals surface area contributed by atoms with Crippen LogP contribution in [0.2, 0.25) is 0 Å². The highest BCUT2D eigenvalue weighted by molar-refractivity contribution is 9.11. The quantitative estimate of drug-likeness (QED) is 0.661. The predicted molar refractivity (Wildman–Crippen MR) is 92.1 cm³/mol. The van der Waals surface area contributed by atoms with Gasteiger partial charge in [-0.1, -0.05) is 28.1 Å². The molecule has 1 saturated heterocycles. The highest BCUT2D eigenvalue weighted by atomic mass is 79.9. The van der Waals surface area contributed by atoms with E-state index in [1.54, 1.807) is 14.0 Å². The standard InChI is InChI=1S/C18H21BrO5/c1-3-23-17(20)15-16(19)14-8-9-18(15,24-14)11-22-10-12-4-6-13(21-2)7-5-12/h4-7,14H,3,8-11H2,1-2H3/t14-,18-/m0/s1. The number of hydrogen-bond donors (Lipinski definition) is 0. The van der Waals surface area contributed by atoms with Crippen LogP contribution in [-0.4, -0.2) is 38.0 Å². The average molecular weight is 397 g/mol. The van der Waals surface area contributed by atoms with Crippen LogP contribution in [0.25, 0.3) is 0 Å². The number of carbonyl (C=O) groups is 1. The van der Waals surface area contributed by atoms with E-state index in [0.29, 0.717) is 25.4 Å². The number of halogens is 1. The van der Waals surface area contributed by atoms with E-state index in [1.165, 1.54) is 0 Å². The molecule has 1 aromatic carbocycles. The van der Waals surface area contributed by atoms with Crippen molar-refractivity contribution < 1.29 is 23.7 Å². The highest BCUT2D eigenvalue weighted by Gasteiger charge is 2.55. The summed E-state index contributed by atoms with van der Waals surface area (Å²) in [6.45, 7) is 2.93. The van der Waals surface area contributed by atoms with Gasteiger partial charge in [0, 0.05) is 4.48 Å². The van der Waals surface area contributed by atoms with Crippen molar-refractivity contribution in [1.82, 2.24) is 0 Å². The maximum absolute atomic E-state index is 12.3. The van der Waals surface area contributed by atoms with Gasteiger partial charge in [0.2, 0.25) is 0 Å². The number of fused-ring (bicyclic) bond motifs is 2. The van der Waals surface area contributed by atoms with Gasteiger partial charge in [-0.25, -0.2) is 4.79 Å². The number of carbonyl (C=O) groups excluding carboxylic acids is 1. The van der Waals surface area contributed by atoms with Gasteiger partial charge in [-0.2, -0.15) is 0 Å². The Morgan fingerprint density at radius 1 is 1.38 bits per heavy atom. The Labute approximate surface area is 150 Å². The van der Waals surface area contributed by atoms with E-state index in [9.17, 15) is 4.79 Å². The van der Waals surface area contributed by atoms with Crippen molar-refractivity contribution in [3.05, 3.63) is 39.9 Å². The molecule has 3 rings (SSSR count). The molecule has 0 aromatic heterocycles. The minimum absolute atomic E-state index is 0.0611. The van der Waals surface area contributed by atoms with Crippen LogP contribution in [-0.2, 0) is 25.6 Å². The SMILES string of the molecule is CCOC(=O)C1=C(Br)[C@@H]2CC[C@@]1(COCc1ccc(OC)cc1)O2. The molecule has 1 aromatic rings. The molecule has 5 nitrogen and oxygen atoms in total. The Morgan fingerprint density at radius 2 is 2.12 bits per heavy atom. The molecule has 2 aliphatic rings. The number of benzene rings is 1. The second kappa shape index (κ2) is 7.25. The van der Waals surface area contributed by atoms with Crippen molar-refractivity contribution in [2.45, 2.75) is 38.1 Å². The van der Waals surface area contributed by atoms with Crippen LogP contribution in [0.15, 0.2) is 34.3 Å². The van der Waals surface area contributed by atoms with Crippen LogP contribution in [0.3, 0.4) is 0 Å². The lowest BCUT2D eigenvalue weighted by molar-refractivity contribution is -0.142. The van der Waals surface area contributed by atoms with E-state index in [0.717, 1.165) is 28.6 Å². The Hall–Kier alpha value is -1.37. The van der Waals surface area contributed by atoms with Gasteiger partial charge in [-0.3, -0.25) is 0 Å². The first-order valence-corrected chi connectivity index (χ1v) is 8.84. The summed E-state index contributed by atoms with van der Waals surface area (Å²) in [6.07, 6.45) is 1.59. The summed E-state index contributed by atoms with van der Waals surface area (Å²) in [6, 6.07) is 7.72. The first kappa shape index (κ1) is 17.5.